The topological polar surface area (TPSA) is 143 Å². The van der Waals surface area contributed by atoms with Crippen molar-refractivity contribution in [1.82, 2.24) is 4.98 Å². The molecule has 1 aliphatic carbocycles. The first-order valence-electron chi connectivity index (χ1n) is 9.58. The lowest BCUT2D eigenvalue weighted by Gasteiger charge is -2.21. The monoisotopic (exact) mass is 400 g/mol. The maximum absolute atomic E-state index is 12.1. The fraction of sp³-hybridized carbons (Fsp3) is 0.381. The van der Waals surface area contributed by atoms with Gasteiger partial charge in [0.2, 0.25) is 0 Å². The third-order valence-corrected chi connectivity index (χ3v) is 5.24. The summed E-state index contributed by atoms with van der Waals surface area (Å²) in [5, 5.41) is 19.0. The van der Waals surface area contributed by atoms with Crippen LogP contribution < -0.4 is 11.3 Å². The Kier molecular flexibility index (Phi) is 6.33. The van der Waals surface area contributed by atoms with Gasteiger partial charge in [0.15, 0.2) is 0 Å². The largest absolute Gasteiger partial charge is 0.478 e. The van der Waals surface area contributed by atoms with Crippen molar-refractivity contribution in [2.75, 3.05) is 12.3 Å². The number of anilines is 1. The fourth-order valence-electron chi connectivity index (χ4n) is 3.85. The number of nitrogen functional groups attached to an aromatic ring is 1. The van der Waals surface area contributed by atoms with Crippen LogP contribution in [0.2, 0.25) is 0 Å². The fourth-order valence-corrected chi connectivity index (χ4v) is 3.85. The molecule has 3 rings (SSSR count). The van der Waals surface area contributed by atoms with E-state index in [9.17, 15) is 24.6 Å². The minimum Gasteiger partial charge on any atom is -0.478 e. The number of aromatic amines is 1. The second-order valence-corrected chi connectivity index (χ2v) is 7.32. The summed E-state index contributed by atoms with van der Waals surface area (Å²) in [6.07, 6.45) is 6.05. The average Bonchev–Trinajstić information content (AvgIpc) is 2.67. The summed E-state index contributed by atoms with van der Waals surface area (Å²) < 4.78 is 5.83. The average molecular weight is 400 g/mol. The highest BCUT2D eigenvalue weighted by molar-refractivity contribution is 6.07. The van der Waals surface area contributed by atoms with E-state index < -0.39 is 28.6 Å². The summed E-state index contributed by atoms with van der Waals surface area (Å²) in [6, 6.07) is 6.66. The molecule has 5 N–H and O–H groups in total. The molecule has 8 nitrogen and oxygen atoms in total. The maximum atomic E-state index is 12.1. The van der Waals surface area contributed by atoms with E-state index in [-0.39, 0.29) is 16.9 Å². The predicted molar refractivity (Wildman–Crippen MR) is 107 cm³/mol. The van der Waals surface area contributed by atoms with E-state index in [0.717, 1.165) is 18.4 Å². The Balaban J connectivity index is 1.92. The third kappa shape index (κ3) is 4.65. The maximum Gasteiger partial charge on any atom is 0.342 e. The van der Waals surface area contributed by atoms with Crippen molar-refractivity contribution in [3.8, 4) is 11.1 Å². The van der Waals surface area contributed by atoms with Crippen LogP contribution in [0.15, 0.2) is 29.1 Å². The molecule has 29 heavy (non-hydrogen) atoms. The van der Waals surface area contributed by atoms with Gasteiger partial charge in [-0.3, -0.25) is 4.79 Å². The van der Waals surface area contributed by atoms with E-state index >= 15 is 0 Å². The predicted octanol–water partition coefficient (Wildman–Crippen LogP) is 3.12. The Labute approximate surface area is 167 Å². The molecule has 0 amide bonds. The lowest BCUT2D eigenvalue weighted by atomic mass is 9.90. The number of aromatic carboxylic acids is 2. The molecule has 8 heteroatoms. The highest BCUT2D eigenvalue weighted by Crippen LogP contribution is 2.30. The lowest BCUT2D eigenvalue weighted by molar-refractivity contribution is 0.0695. The number of carbonyl (C=O) groups is 2. The van der Waals surface area contributed by atoms with E-state index in [1.165, 1.54) is 19.3 Å². The first-order valence-corrected chi connectivity index (χ1v) is 9.58. The van der Waals surface area contributed by atoms with Gasteiger partial charge in [0, 0.05) is 12.2 Å². The number of hydrogen-bond acceptors (Lipinski definition) is 5. The summed E-state index contributed by atoms with van der Waals surface area (Å²) in [7, 11) is 0. The normalized spacial score (nSPS) is 14.6. The van der Waals surface area contributed by atoms with E-state index in [0.29, 0.717) is 19.1 Å². The van der Waals surface area contributed by atoms with Gasteiger partial charge in [0.1, 0.15) is 16.9 Å². The Morgan fingerprint density at radius 3 is 2.45 bits per heavy atom. The molecule has 154 valence electrons. The first kappa shape index (κ1) is 20.6. The van der Waals surface area contributed by atoms with Crippen LogP contribution >= 0.6 is 0 Å². The molecule has 0 aliphatic heterocycles. The number of H-pyrrole nitrogens is 1. The van der Waals surface area contributed by atoms with Crippen LogP contribution in [-0.2, 0) is 11.3 Å². The van der Waals surface area contributed by atoms with Crippen LogP contribution in [-0.4, -0.2) is 33.7 Å². The number of nitrogens with two attached hydrogens (primary N) is 1. The van der Waals surface area contributed by atoms with Crippen LogP contribution in [0, 0.1) is 5.92 Å². The molecule has 0 saturated heterocycles. The van der Waals surface area contributed by atoms with Crippen molar-refractivity contribution < 1.29 is 24.5 Å². The summed E-state index contributed by atoms with van der Waals surface area (Å²) in [5.74, 6) is -2.78. The van der Waals surface area contributed by atoms with E-state index in [2.05, 4.69) is 4.98 Å². The van der Waals surface area contributed by atoms with Crippen molar-refractivity contribution in [2.45, 2.75) is 38.7 Å². The van der Waals surface area contributed by atoms with Gasteiger partial charge in [-0.2, -0.15) is 0 Å². The second kappa shape index (κ2) is 8.91. The minimum atomic E-state index is -1.53. The molecular formula is C21H24N2O6. The van der Waals surface area contributed by atoms with Crippen molar-refractivity contribution >= 4 is 17.8 Å². The van der Waals surface area contributed by atoms with Crippen LogP contribution in [0.1, 0.15) is 58.4 Å². The number of pyridine rings is 1. The van der Waals surface area contributed by atoms with Gasteiger partial charge in [0.05, 0.1) is 6.61 Å². The zero-order chi connectivity index (χ0) is 21.0. The van der Waals surface area contributed by atoms with Crippen LogP contribution in [0.3, 0.4) is 0 Å². The molecule has 0 radical (unpaired) electrons. The Bertz CT molecular complexity index is 976. The molecule has 1 heterocycles. The van der Waals surface area contributed by atoms with Gasteiger partial charge in [-0.05, 0) is 36.0 Å². The SMILES string of the molecule is Nc1[nH]c(=O)c(C(=O)O)c(-c2cccc(COCC3CCCCC3)c2)c1C(=O)O. The number of aromatic nitrogens is 1. The van der Waals surface area contributed by atoms with Gasteiger partial charge in [0.25, 0.3) is 5.56 Å². The Morgan fingerprint density at radius 2 is 1.79 bits per heavy atom. The summed E-state index contributed by atoms with van der Waals surface area (Å²) in [6.45, 7) is 0.969. The summed E-state index contributed by atoms with van der Waals surface area (Å²) >= 11 is 0. The quantitative estimate of drug-likeness (QED) is 0.559. The molecule has 0 bridgehead atoms. The zero-order valence-electron chi connectivity index (χ0n) is 15.9. The number of rotatable bonds is 7. The number of nitrogens with one attached hydrogen (secondary N) is 1. The van der Waals surface area contributed by atoms with Crippen molar-refractivity contribution in [2.24, 2.45) is 5.92 Å². The molecule has 1 aromatic carbocycles. The molecule has 1 aliphatic rings. The van der Waals surface area contributed by atoms with Crippen molar-refractivity contribution in [3.05, 3.63) is 51.3 Å². The number of ether oxygens (including phenoxy) is 1. The van der Waals surface area contributed by atoms with E-state index in [1.54, 1.807) is 18.2 Å². The molecular weight excluding hydrogens is 376 g/mol. The minimum absolute atomic E-state index is 0.208. The highest BCUT2D eigenvalue weighted by atomic mass is 16.5. The van der Waals surface area contributed by atoms with Gasteiger partial charge >= 0.3 is 11.9 Å². The van der Waals surface area contributed by atoms with E-state index in [1.807, 2.05) is 6.07 Å². The van der Waals surface area contributed by atoms with Gasteiger partial charge in [-0.15, -0.1) is 0 Å². The van der Waals surface area contributed by atoms with Crippen LogP contribution in [0.25, 0.3) is 11.1 Å². The highest BCUT2D eigenvalue weighted by Gasteiger charge is 2.26. The number of carboxylic acids is 2. The van der Waals surface area contributed by atoms with Crippen molar-refractivity contribution in [1.29, 1.82) is 0 Å². The van der Waals surface area contributed by atoms with Gasteiger partial charge in [-0.1, -0.05) is 37.5 Å². The molecule has 0 spiro atoms. The van der Waals surface area contributed by atoms with Gasteiger partial charge in [-0.25, -0.2) is 9.59 Å². The standard InChI is InChI=1S/C21H24N2O6/c22-18-16(20(25)26)15(17(21(27)28)19(24)23-18)14-8-4-7-13(9-14)11-29-10-12-5-2-1-3-6-12/h4,7-9,12H,1-3,5-6,10-11H2,(H,25,26)(H,27,28)(H3,22,23,24). The van der Waals surface area contributed by atoms with E-state index in [4.69, 9.17) is 10.5 Å². The number of benzene rings is 1. The van der Waals surface area contributed by atoms with Crippen LogP contribution in [0.5, 0.6) is 0 Å². The van der Waals surface area contributed by atoms with Crippen LogP contribution in [0.4, 0.5) is 5.82 Å². The summed E-state index contributed by atoms with van der Waals surface area (Å²) in [5.41, 5.74) is 4.46. The smallest absolute Gasteiger partial charge is 0.342 e. The van der Waals surface area contributed by atoms with Crippen molar-refractivity contribution in [3.63, 3.8) is 0 Å². The molecule has 1 fully saturated rings. The first-order chi connectivity index (χ1) is 13.9. The third-order valence-electron chi connectivity index (χ3n) is 5.24. The molecule has 1 saturated carbocycles. The molecule has 0 atom stereocenters. The number of carboxylic acid groups (broad SMARTS) is 2. The number of hydrogen-bond donors (Lipinski definition) is 4. The Hall–Kier alpha value is -3.13. The zero-order valence-corrected chi connectivity index (χ0v) is 15.9. The molecule has 0 unspecified atom stereocenters. The summed E-state index contributed by atoms with van der Waals surface area (Å²) in [4.78, 5) is 37.6. The lowest BCUT2D eigenvalue weighted by Crippen LogP contribution is -2.24. The molecule has 2 aromatic rings. The Morgan fingerprint density at radius 1 is 1.10 bits per heavy atom. The second-order valence-electron chi connectivity index (χ2n) is 7.32. The van der Waals surface area contributed by atoms with Gasteiger partial charge < -0.3 is 25.7 Å². The molecule has 1 aromatic heterocycles.